The zero-order valence-corrected chi connectivity index (χ0v) is 21.9. The van der Waals surface area contributed by atoms with Crippen LogP contribution < -0.4 is 10.9 Å². The van der Waals surface area contributed by atoms with Crippen LogP contribution in [-0.2, 0) is 0 Å². The average Bonchev–Trinajstić information content (AvgIpc) is 2.86. The van der Waals surface area contributed by atoms with Crippen LogP contribution in [0, 0.1) is 5.92 Å². The molecule has 1 unspecified atom stereocenters. The third-order valence-electron chi connectivity index (χ3n) is 5.87. The van der Waals surface area contributed by atoms with Crippen molar-refractivity contribution in [1.82, 2.24) is 14.5 Å². The molecule has 0 aliphatic carbocycles. The summed E-state index contributed by atoms with van der Waals surface area (Å²) in [4.78, 5) is 34.0. The van der Waals surface area contributed by atoms with Gasteiger partial charge in [0.05, 0.1) is 32.7 Å². The van der Waals surface area contributed by atoms with Gasteiger partial charge in [-0.05, 0) is 54.8 Å². The van der Waals surface area contributed by atoms with Crippen LogP contribution >= 0.6 is 23.2 Å². The number of nitrogens with zero attached hydrogens (tertiary/aromatic N) is 3. The number of aromatic nitrogens is 2. The summed E-state index contributed by atoms with van der Waals surface area (Å²) in [6.07, 6.45) is 0.555. The minimum Gasteiger partial charge on any atom is -0.314 e. The molecule has 0 aliphatic rings. The summed E-state index contributed by atoms with van der Waals surface area (Å²) in [5.41, 5.74) is 1.65. The first-order valence-electron chi connectivity index (χ1n) is 11.9. The first-order valence-corrected chi connectivity index (χ1v) is 12.7. The maximum atomic E-state index is 13.7. The lowest BCUT2D eigenvalue weighted by molar-refractivity contribution is 0.171. The fraction of sp³-hybridized carbons (Fsp3) is 0.250. The second-order valence-corrected chi connectivity index (χ2v) is 9.81. The number of halogens is 2. The van der Waals surface area contributed by atoms with Crippen molar-refractivity contribution in [2.75, 3.05) is 11.9 Å². The van der Waals surface area contributed by atoms with Crippen molar-refractivity contribution in [1.29, 1.82) is 0 Å². The van der Waals surface area contributed by atoms with E-state index in [1.54, 1.807) is 33.7 Å². The highest BCUT2D eigenvalue weighted by Gasteiger charge is 2.30. The molecule has 0 bridgehead atoms. The molecule has 1 N–H and O–H groups in total. The molecule has 1 atom stereocenters. The monoisotopic (exact) mass is 522 g/mol. The summed E-state index contributed by atoms with van der Waals surface area (Å²) >= 11 is 12.2. The normalized spacial score (nSPS) is 12.1. The highest BCUT2D eigenvalue weighted by Crippen LogP contribution is 2.29. The van der Waals surface area contributed by atoms with Gasteiger partial charge in [0.2, 0.25) is 0 Å². The van der Waals surface area contributed by atoms with Gasteiger partial charge in [0.1, 0.15) is 5.82 Å². The Morgan fingerprint density at radius 2 is 1.69 bits per heavy atom. The number of hydrogen-bond acceptors (Lipinski definition) is 3. The quantitative estimate of drug-likeness (QED) is 0.276. The summed E-state index contributed by atoms with van der Waals surface area (Å²) in [6.45, 7) is 6.54. The van der Waals surface area contributed by atoms with Crippen LogP contribution in [0.15, 0.2) is 77.6 Å². The molecule has 36 heavy (non-hydrogen) atoms. The van der Waals surface area contributed by atoms with Crippen molar-refractivity contribution in [2.24, 2.45) is 5.92 Å². The predicted octanol–water partition coefficient (Wildman–Crippen LogP) is 7.33. The van der Waals surface area contributed by atoms with Crippen LogP contribution in [0.4, 0.5) is 10.5 Å². The number of urea groups is 1. The highest BCUT2D eigenvalue weighted by atomic mass is 35.5. The van der Waals surface area contributed by atoms with Crippen molar-refractivity contribution >= 4 is 45.8 Å². The summed E-state index contributed by atoms with van der Waals surface area (Å²) < 4.78 is 1.62. The highest BCUT2D eigenvalue weighted by molar-refractivity contribution is 6.42. The molecule has 1 heterocycles. The van der Waals surface area contributed by atoms with E-state index in [-0.39, 0.29) is 17.5 Å². The van der Waals surface area contributed by atoms with Gasteiger partial charge in [-0.3, -0.25) is 9.36 Å². The van der Waals surface area contributed by atoms with Crippen molar-refractivity contribution in [3.05, 3.63) is 99.0 Å². The molecule has 3 aromatic carbocycles. The van der Waals surface area contributed by atoms with Crippen LogP contribution in [-0.4, -0.2) is 27.0 Å². The SMILES string of the molecule is CCC(c1nc2ccccc2c(=O)n1-c1ccccc1)N(CC(C)C)C(=O)Nc1ccc(Cl)c(Cl)c1. The number of anilines is 1. The van der Waals surface area contributed by atoms with Crippen molar-refractivity contribution in [3.8, 4) is 5.69 Å². The van der Waals surface area contributed by atoms with E-state index in [1.165, 1.54) is 0 Å². The van der Waals surface area contributed by atoms with E-state index in [0.29, 0.717) is 51.1 Å². The van der Waals surface area contributed by atoms with Gasteiger partial charge in [0, 0.05) is 12.2 Å². The molecule has 2 amide bonds. The molecule has 0 saturated heterocycles. The molecule has 0 aliphatic heterocycles. The summed E-state index contributed by atoms with van der Waals surface area (Å²) in [5.74, 6) is 0.688. The van der Waals surface area contributed by atoms with Crippen molar-refractivity contribution < 1.29 is 4.79 Å². The molecule has 8 heteroatoms. The standard InChI is InChI=1S/C28H28Cl2N4O2/c1-4-25(33(17-18(2)3)28(36)31-19-14-15-22(29)23(30)16-19)26-32-24-13-9-8-12-21(24)27(35)34(26)20-10-6-5-7-11-20/h5-16,18,25H,4,17H2,1-3H3,(H,31,36). The van der Waals surface area contributed by atoms with Gasteiger partial charge in [0.25, 0.3) is 5.56 Å². The third kappa shape index (κ3) is 5.40. The maximum Gasteiger partial charge on any atom is 0.322 e. The molecule has 0 saturated carbocycles. The van der Waals surface area contributed by atoms with E-state index in [1.807, 2.05) is 69.3 Å². The lowest BCUT2D eigenvalue weighted by atomic mass is 10.1. The fourth-order valence-corrected chi connectivity index (χ4v) is 4.55. The van der Waals surface area contributed by atoms with E-state index in [4.69, 9.17) is 28.2 Å². The molecule has 1 aromatic heterocycles. The Labute approximate surface area is 220 Å². The minimum atomic E-state index is -0.465. The summed E-state index contributed by atoms with van der Waals surface area (Å²) in [6, 6.07) is 20.9. The first kappa shape index (κ1) is 25.7. The predicted molar refractivity (Wildman–Crippen MR) is 147 cm³/mol. The fourth-order valence-electron chi connectivity index (χ4n) is 4.26. The number of para-hydroxylation sites is 2. The van der Waals surface area contributed by atoms with Gasteiger partial charge in [-0.2, -0.15) is 0 Å². The van der Waals surface area contributed by atoms with E-state index in [0.717, 1.165) is 0 Å². The number of rotatable bonds is 7. The van der Waals surface area contributed by atoms with Crippen LogP contribution in [0.3, 0.4) is 0 Å². The molecule has 0 spiro atoms. The molecule has 186 valence electrons. The summed E-state index contributed by atoms with van der Waals surface area (Å²) in [5, 5.41) is 4.23. The van der Waals surface area contributed by atoms with Gasteiger partial charge in [-0.25, -0.2) is 9.78 Å². The van der Waals surface area contributed by atoms with Crippen molar-refractivity contribution in [3.63, 3.8) is 0 Å². The molecule has 0 radical (unpaired) electrons. The lowest BCUT2D eigenvalue weighted by Crippen LogP contribution is -2.42. The lowest BCUT2D eigenvalue weighted by Gasteiger charge is -2.33. The molecular weight excluding hydrogens is 495 g/mol. The molecule has 4 rings (SSSR count). The van der Waals surface area contributed by atoms with E-state index in [9.17, 15) is 9.59 Å². The number of carbonyl (C=O) groups excluding carboxylic acids is 1. The van der Waals surface area contributed by atoms with E-state index >= 15 is 0 Å². The first-order chi connectivity index (χ1) is 17.3. The van der Waals surface area contributed by atoms with Gasteiger partial charge in [0.15, 0.2) is 0 Å². The minimum absolute atomic E-state index is 0.172. The Hall–Kier alpha value is -3.35. The third-order valence-corrected chi connectivity index (χ3v) is 6.61. The molecular formula is C28H28Cl2N4O2. The average molecular weight is 523 g/mol. The molecule has 4 aromatic rings. The maximum absolute atomic E-state index is 13.7. The summed E-state index contributed by atoms with van der Waals surface area (Å²) in [7, 11) is 0. The largest absolute Gasteiger partial charge is 0.322 e. The van der Waals surface area contributed by atoms with Gasteiger partial charge >= 0.3 is 6.03 Å². The van der Waals surface area contributed by atoms with Gasteiger partial charge < -0.3 is 10.2 Å². The smallest absolute Gasteiger partial charge is 0.314 e. The Morgan fingerprint density at radius 1 is 1.00 bits per heavy atom. The number of hydrogen-bond donors (Lipinski definition) is 1. The topological polar surface area (TPSA) is 67.2 Å². The van der Waals surface area contributed by atoms with Gasteiger partial charge in [-0.1, -0.05) is 74.3 Å². The molecule has 6 nitrogen and oxygen atoms in total. The Bertz CT molecular complexity index is 1440. The van der Waals surface area contributed by atoms with Crippen LogP contribution in [0.1, 0.15) is 39.1 Å². The van der Waals surface area contributed by atoms with Crippen LogP contribution in [0.2, 0.25) is 10.0 Å². The van der Waals surface area contributed by atoms with Crippen molar-refractivity contribution in [2.45, 2.75) is 33.2 Å². The van der Waals surface area contributed by atoms with Gasteiger partial charge in [-0.15, -0.1) is 0 Å². The zero-order chi connectivity index (χ0) is 25.8. The van der Waals surface area contributed by atoms with E-state index in [2.05, 4.69) is 5.32 Å². The second kappa shape index (κ2) is 11.1. The number of fused-ring (bicyclic) bond motifs is 1. The Kier molecular flexibility index (Phi) is 7.97. The van der Waals surface area contributed by atoms with Crippen LogP contribution in [0.25, 0.3) is 16.6 Å². The Balaban J connectivity index is 1.85. The Morgan fingerprint density at radius 3 is 2.36 bits per heavy atom. The van der Waals surface area contributed by atoms with E-state index < -0.39 is 6.04 Å². The van der Waals surface area contributed by atoms with Crippen LogP contribution in [0.5, 0.6) is 0 Å². The number of amides is 2. The molecule has 0 fully saturated rings. The zero-order valence-electron chi connectivity index (χ0n) is 20.4. The number of carbonyl (C=O) groups is 1. The number of benzene rings is 3. The second-order valence-electron chi connectivity index (χ2n) is 8.99. The number of nitrogens with one attached hydrogen (secondary N) is 1.